The van der Waals surface area contributed by atoms with Crippen LogP contribution in [0.3, 0.4) is 0 Å². The first-order chi connectivity index (χ1) is 8.99. The van der Waals surface area contributed by atoms with Gasteiger partial charge in [-0.25, -0.2) is 4.79 Å². The average molecular weight is 264 g/mol. The van der Waals surface area contributed by atoms with Crippen molar-refractivity contribution >= 4 is 5.97 Å². The highest BCUT2D eigenvalue weighted by atomic mass is 16.7. The van der Waals surface area contributed by atoms with E-state index in [0.29, 0.717) is 18.8 Å². The van der Waals surface area contributed by atoms with Crippen molar-refractivity contribution in [2.45, 2.75) is 27.1 Å². The zero-order chi connectivity index (χ0) is 14.3. The lowest BCUT2D eigenvalue weighted by Gasteiger charge is -2.14. The van der Waals surface area contributed by atoms with Crippen LogP contribution in [0.2, 0.25) is 0 Å². The van der Waals surface area contributed by atoms with Crippen LogP contribution in [0.15, 0.2) is 36.4 Å². The molecule has 0 radical (unpaired) electrons. The Hall–Kier alpha value is -1.81. The number of carbonyl (C=O) groups is 1. The summed E-state index contributed by atoms with van der Waals surface area (Å²) < 4.78 is 15.7. The van der Waals surface area contributed by atoms with E-state index in [1.165, 1.54) is 5.56 Å². The molecule has 0 amide bonds. The molecule has 0 fully saturated rings. The molecule has 0 heterocycles. The standard InChI is InChI=1S/C15H20O4/c1-11(2)15(16)19-13(4)17-9-10-18-14-7-5-12(3)6-8-14/h5-8,13H,1,9-10H2,2-4H3. The van der Waals surface area contributed by atoms with E-state index in [-0.39, 0.29) is 0 Å². The fourth-order valence-electron chi connectivity index (χ4n) is 1.29. The predicted molar refractivity (Wildman–Crippen MR) is 73.0 cm³/mol. The molecule has 0 aliphatic rings. The molecule has 0 aliphatic heterocycles. The third kappa shape index (κ3) is 6.06. The van der Waals surface area contributed by atoms with Crippen LogP contribution in [0.1, 0.15) is 19.4 Å². The molecule has 19 heavy (non-hydrogen) atoms. The molecular weight excluding hydrogens is 244 g/mol. The smallest absolute Gasteiger partial charge is 0.335 e. The Balaban J connectivity index is 2.18. The summed E-state index contributed by atoms with van der Waals surface area (Å²) in [6.45, 7) is 9.51. The number of esters is 1. The number of carbonyl (C=O) groups excluding carboxylic acids is 1. The van der Waals surface area contributed by atoms with E-state index in [1.807, 2.05) is 31.2 Å². The van der Waals surface area contributed by atoms with Gasteiger partial charge in [0.2, 0.25) is 6.29 Å². The van der Waals surface area contributed by atoms with Gasteiger partial charge in [0.25, 0.3) is 0 Å². The summed E-state index contributed by atoms with van der Waals surface area (Å²) >= 11 is 0. The fourth-order valence-corrected chi connectivity index (χ4v) is 1.29. The van der Waals surface area contributed by atoms with Crippen molar-refractivity contribution in [3.05, 3.63) is 42.0 Å². The molecule has 0 saturated heterocycles. The lowest BCUT2D eigenvalue weighted by molar-refractivity contribution is -0.171. The van der Waals surface area contributed by atoms with Gasteiger partial charge >= 0.3 is 5.97 Å². The van der Waals surface area contributed by atoms with Gasteiger partial charge in [-0.3, -0.25) is 0 Å². The molecule has 1 unspecified atom stereocenters. The first-order valence-electron chi connectivity index (χ1n) is 6.16. The van der Waals surface area contributed by atoms with Crippen molar-refractivity contribution in [3.8, 4) is 5.75 Å². The summed E-state index contributed by atoms with van der Waals surface area (Å²) in [7, 11) is 0. The maximum Gasteiger partial charge on any atom is 0.335 e. The van der Waals surface area contributed by atoms with Crippen LogP contribution in [-0.4, -0.2) is 25.5 Å². The van der Waals surface area contributed by atoms with Crippen molar-refractivity contribution in [1.82, 2.24) is 0 Å². The van der Waals surface area contributed by atoms with Crippen molar-refractivity contribution < 1.29 is 19.0 Å². The first kappa shape index (κ1) is 15.2. The van der Waals surface area contributed by atoms with E-state index >= 15 is 0 Å². The van der Waals surface area contributed by atoms with Crippen molar-refractivity contribution in [2.24, 2.45) is 0 Å². The second-order valence-electron chi connectivity index (χ2n) is 4.29. The molecule has 4 nitrogen and oxygen atoms in total. The molecular formula is C15H20O4. The van der Waals surface area contributed by atoms with Gasteiger partial charge in [0, 0.05) is 5.57 Å². The summed E-state index contributed by atoms with van der Waals surface area (Å²) in [5.74, 6) is 0.340. The molecule has 104 valence electrons. The van der Waals surface area contributed by atoms with E-state index in [1.54, 1.807) is 13.8 Å². The van der Waals surface area contributed by atoms with Crippen molar-refractivity contribution in [2.75, 3.05) is 13.2 Å². The lowest BCUT2D eigenvalue weighted by Crippen LogP contribution is -2.21. The second-order valence-corrected chi connectivity index (χ2v) is 4.29. The Bertz CT molecular complexity index is 422. The van der Waals surface area contributed by atoms with E-state index < -0.39 is 12.3 Å². The van der Waals surface area contributed by atoms with Gasteiger partial charge in [0.15, 0.2) is 0 Å². The summed E-state index contributed by atoms with van der Waals surface area (Å²) in [5, 5.41) is 0. The zero-order valence-electron chi connectivity index (χ0n) is 11.6. The highest BCUT2D eigenvalue weighted by Crippen LogP contribution is 2.11. The molecule has 0 aliphatic carbocycles. The number of hydrogen-bond acceptors (Lipinski definition) is 4. The Kier molecular flexibility index (Phi) is 6.09. The first-order valence-corrected chi connectivity index (χ1v) is 6.16. The maximum atomic E-state index is 11.2. The minimum Gasteiger partial charge on any atom is -0.491 e. The second kappa shape index (κ2) is 7.59. The molecule has 1 rings (SSSR count). The third-order valence-electron chi connectivity index (χ3n) is 2.35. The molecule has 1 aromatic rings. The van der Waals surface area contributed by atoms with Gasteiger partial charge in [-0.05, 0) is 32.9 Å². The summed E-state index contributed by atoms with van der Waals surface area (Å²) in [5.41, 5.74) is 1.54. The van der Waals surface area contributed by atoms with E-state index in [2.05, 4.69) is 6.58 Å². The largest absolute Gasteiger partial charge is 0.491 e. The van der Waals surface area contributed by atoms with Gasteiger partial charge in [0.1, 0.15) is 12.4 Å². The molecule has 0 saturated carbocycles. The molecule has 0 N–H and O–H groups in total. The topological polar surface area (TPSA) is 44.8 Å². The van der Waals surface area contributed by atoms with Gasteiger partial charge in [-0.1, -0.05) is 24.3 Å². The monoisotopic (exact) mass is 264 g/mol. The lowest BCUT2D eigenvalue weighted by atomic mass is 10.2. The maximum absolute atomic E-state index is 11.2. The van der Waals surface area contributed by atoms with E-state index in [0.717, 1.165) is 5.75 Å². The third-order valence-corrected chi connectivity index (χ3v) is 2.35. The summed E-state index contributed by atoms with van der Waals surface area (Å²) in [6.07, 6.45) is -0.606. The van der Waals surface area contributed by atoms with Gasteiger partial charge in [0.05, 0.1) is 6.61 Å². The van der Waals surface area contributed by atoms with Crippen LogP contribution < -0.4 is 4.74 Å². The zero-order valence-corrected chi connectivity index (χ0v) is 11.6. The van der Waals surface area contributed by atoms with Crippen LogP contribution in [0.4, 0.5) is 0 Å². The summed E-state index contributed by atoms with van der Waals surface area (Å²) in [4.78, 5) is 11.2. The summed E-state index contributed by atoms with van der Waals surface area (Å²) in [6, 6.07) is 7.76. The molecule has 0 spiro atoms. The van der Waals surface area contributed by atoms with Crippen LogP contribution in [0.5, 0.6) is 5.75 Å². The van der Waals surface area contributed by atoms with Crippen LogP contribution in [0.25, 0.3) is 0 Å². The molecule has 0 bridgehead atoms. The van der Waals surface area contributed by atoms with Gasteiger partial charge in [-0.2, -0.15) is 0 Å². The van der Waals surface area contributed by atoms with E-state index in [9.17, 15) is 4.79 Å². The Morgan fingerprint density at radius 3 is 2.47 bits per heavy atom. The number of rotatable bonds is 7. The van der Waals surface area contributed by atoms with Gasteiger partial charge < -0.3 is 14.2 Å². The predicted octanol–water partition coefficient (Wildman–Crippen LogP) is 2.86. The highest BCUT2D eigenvalue weighted by molar-refractivity contribution is 5.86. The van der Waals surface area contributed by atoms with Crippen LogP contribution in [-0.2, 0) is 14.3 Å². The number of aryl methyl sites for hydroxylation is 1. The van der Waals surface area contributed by atoms with Crippen LogP contribution in [0, 0.1) is 6.92 Å². The average Bonchev–Trinajstić information content (AvgIpc) is 2.36. The van der Waals surface area contributed by atoms with E-state index in [4.69, 9.17) is 14.2 Å². The van der Waals surface area contributed by atoms with Crippen molar-refractivity contribution in [3.63, 3.8) is 0 Å². The van der Waals surface area contributed by atoms with Crippen LogP contribution >= 0.6 is 0 Å². The SMILES string of the molecule is C=C(C)C(=O)OC(C)OCCOc1ccc(C)cc1. The normalized spacial score (nSPS) is 11.7. The molecule has 4 heteroatoms. The number of hydrogen-bond donors (Lipinski definition) is 0. The number of benzene rings is 1. The Morgan fingerprint density at radius 2 is 1.89 bits per heavy atom. The quantitative estimate of drug-likeness (QED) is 0.329. The fraction of sp³-hybridized carbons (Fsp3) is 0.400. The Morgan fingerprint density at radius 1 is 1.26 bits per heavy atom. The van der Waals surface area contributed by atoms with Crippen molar-refractivity contribution in [1.29, 1.82) is 0 Å². The highest BCUT2D eigenvalue weighted by Gasteiger charge is 2.09. The Labute approximate surface area is 114 Å². The molecule has 1 atom stereocenters. The minimum absolute atomic E-state index is 0.346. The molecule has 0 aromatic heterocycles. The van der Waals surface area contributed by atoms with Gasteiger partial charge in [-0.15, -0.1) is 0 Å². The minimum atomic E-state index is -0.606. The number of ether oxygens (including phenoxy) is 3. The molecule has 1 aromatic carbocycles.